The highest BCUT2D eigenvalue weighted by molar-refractivity contribution is 5.98. The first kappa shape index (κ1) is 35.6. The monoisotopic (exact) mass is 637 g/mol. The van der Waals surface area contributed by atoms with Gasteiger partial charge in [0.25, 0.3) is 5.91 Å². The van der Waals surface area contributed by atoms with Gasteiger partial charge < -0.3 is 39.5 Å². The first-order valence-corrected chi connectivity index (χ1v) is 14.8. The number of ether oxygens (including phenoxy) is 4. The van der Waals surface area contributed by atoms with E-state index in [1.807, 2.05) is 30.3 Å². The molecule has 46 heavy (non-hydrogen) atoms. The number of carbonyl (C=O) groups excluding carboxylic acids is 4. The first-order valence-electron chi connectivity index (χ1n) is 14.8. The van der Waals surface area contributed by atoms with Crippen LogP contribution in [0.4, 0.5) is 10.6 Å². The molecule has 248 valence electrons. The summed E-state index contributed by atoms with van der Waals surface area (Å²) in [7, 11) is 1.55. The van der Waals surface area contributed by atoms with Crippen LogP contribution in [-0.4, -0.2) is 70.9 Å². The number of hydrogen-bond donors (Lipinski definition) is 3. The van der Waals surface area contributed by atoms with Crippen molar-refractivity contribution in [2.45, 2.75) is 71.4 Å². The Labute approximate surface area is 269 Å². The van der Waals surface area contributed by atoms with Crippen molar-refractivity contribution in [1.82, 2.24) is 20.2 Å². The molecule has 0 saturated carbocycles. The van der Waals surface area contributed by atoms with Gasteiger partial charge in [-0.2, -0.15) is 0 Å². The Morgan fingerprint density at radius 3 is 2.24 bits per heavy atom. The summed E-state index contributed by atoms with van der Waals surface area (Å²) in [5.41, 5.74) is -0.712. The Hall–Kier alpha value is -4.91. The second-order valence-corrected chi connectivity index (χ2v) is 11.9. The maximum Gasteiger partial charge on any atom is 0.408 e. The van der Waals surface area contributed by atoms with Crippen LogP contribution in [0.3, 0.4) is 0 Å². The third kappa shape index (κ3) is 10.6. The number of rotatable bonds is 14. The lowest BCUT2D eigenvalue weighted by molar-refractivity contribution is -0.145. The van der Waals surface area contributed by atoms with Gasteiger partial charge in [-0.3, -0.25) is 9.59 Å². The van der Waals surface area contributed by atoms with Crippen LogP contribution in [0.25, 0.3) is 0 Å². The lowest BCUT2D eigenvalue weighted by Crippen LogP contribution is -2.59. The molecule has 0 aliphatic carbocycles. The standard InChI is InChI=1S/C33H43N5O8/c1-8-45-29(40)27(23-14-16-24(43-7)17-15-23)38-18-26(34-21-38)36-28(39)25(20-44-19-22-12-10-9-11-13-22)35-30(41)33(5,6)37-31(42)46-32(2,3)4/h9-18,21,25,27H,8,19-20H2,1-7H3,(H,35,41)(H,36,39)(H,37,42)/t25-,27?/m1/s1. The van der Waals surface area contributed by atoms with Crippen molar-refractivity contribution in [1.29, 1.82) is 0 Å². The summed E-state index contributed by atoms with van der Waals surface area (Å²) in [4.78, 5) is 56.4. The minimum atomic E-state index is -1.44. The van der Waals surface area contributed by atoms with Gasteiger partial charge in [-0.1, -0.05) is 42.5 Å². The number of esters is 1. The molecule has 0 aliphatic rings. The molecule has 2 atom stereocenters. The van der Waals surface area contributed by atoms with E-state index >= 15 is 0 Å². The largest absolute Gasteiger partial charge is 0.497 e. The van der Waals surface area contributed by atoms with Crippen LogP contribution in [0.2, 0.25) is 0 Å². The third-order valence-corrected chi connectivity index (χ3v) is 6.49. The summed E-state index contributed by atoms with van der Waals surface area (Å²) >= 11 is 0. The predicted octanol–water partition coefficient (Wildman–Crippen LogP) is 3.99. The SMILES string of the molecule is CCOC(=O)C(c1ccc(OC)cc1)n1cnc(NC(=O)[C@@H](COCc2ccccc2)NC(=O)C(C)(C)NC(=O)OC(C)(C)C)c1. The molecule has 0 saturated heterocycles. The molecule has 0 spiro atoms. The molecule has 1 heterocycles. The van der Waals surface area contributed by atoms with Gasteiger partial charge in [0.2, 0.25) is 5.91 Å². The zero-order valence-electron chi connectivity index (χ0n) is 27.3. The lowest BCUT2D eigenvalue weighted by Gasteiger charge is -2.29. The van der Waals surface area contributed by atoms with Crippen molar-refractivity contribution < 1.29 is 38.1 Å². The van der Waals surface area contributed by atoms with Crippen molar-refractivity contribution in [3.05, 3.63) is 78.2 Å². The molecule has 3 aromatic rings. The molecule has 1 unspecified atom stereocenters. The normalized spacial score (nSPS) is 12.8. The van der Waals surface area contributed by atoms with E-state index in [0.717, 1.165) is 5.56 Å². The Bertz CT molecular complexity index is 1470. The molecule has 3 rings (SSSR count). The molecular formula is C33H43N5O8. The molecule has 13 nitrogen and oxygen atoms in total. The van der Waals surface area contributed by atoms with E-state index in [-0.39, 0.29) is 25.6 Å². The fraction of sp³-hybridized carbons (Fsp3) is 0.424. The number of alkyl carbamates (subject to hydrolysis) is 1. The number of hydrogen-bond acceptors (Lipinski definition) is 9. The summed E-state index contributed by atoms with van der Waals surface area (Å²) in [6.45, 7) is 9.98. The number of amides is 3. The summed E-state index contributed by atoms with van der Waals surface area (Å²) in [6, 6.07) is 14.2. The zero-order chi connectivity index (χ0) is 33.9. The summed E-state index contributed by atoms with van der Waals surface area (Å²) in [6.07, 6.45) is 2.10. The molecule has 0 bridgehead atoms. The third-order valence-electron chi connectivity index (χ3n) is 6.49. The number of imidazole rings is 1. The highest BCUT2D eigenvalue weighted by Crippen LogP contribution is 2.24. The Kier molecular flexibility index (Phi) is 12.3. The summed E-state index contributed by atoms with van der Waals surface area (Å²) in [5, 5.41) is 7.89. The minimum Gasteiger partial charge on any atom is -0.497 e. The van der Waals surface area contributed by atoms with E-state index < -0.39 is 47.1 Å². The second-order valence-electron chi connectivity index (χ2n) is 11.9. The van der Waals surface area contributed by atoms with Gasteiger partial charge in [-0.15, -0.1) is 0 Å². The highest BCUT2D eigenvalue weighted by Gasteiger charge is 2.35. The van der Waals surface area contributed by atoms with Gasteiger partial charge in [-0.25, -0.2) is 14.6 Å². The molecule has 3 amide bonds. The average molecular weight is 638 g/mol. The van der Waals surface area contributed by atoms with Crippen LogP contribution in [0.15, 0.2) is 67.1 Å². The maximum atomic E-state index is 13.5. The smallest absolute Gasteiger partial charge is 0.408 e. The number of carbonyl (C=O) groups is 4. The van der Waals surface area contributed by atoms with Crippen LogP contribution in [-0.2, 0) is 35.2 Å². The van der Waals surface area contributed by atoms with Crippen molar-refractivity contribution >= 4 is 29.7 Å². The van der Waals surface area contributed by atoms with Crippen molar-refractivity contribution in [2.24, 2.45) is 0 Å². The van der Waals surface area contributed by atoms with Gasteiger partial charge >= 0.3 is 12.1 Å². The lowest BCUT2D eigenvalue weighted by atomic mass is 10.0. The molecule has 13 heteroatoms. The fourth-order valence-electron chi connectivity index (χ4n) is 4.20. The molecular weight excluding hydrogens is 594 g/mol. The van der Waals surface area contributed by atoms with E-state index in [1.165, 1.54) is 30.9 Å². The van der Waals surface area contributed by atoms with Crippen LogP contribution in [0.5, 0.6) is 5.75 Å². The Balaban J connectivity index is 1.79. The van der Waals surface area contributed by atoms with Gasteiger partial charge in [0.15, 0.2) is 11.9 Å². The fourth-order valence-corrected chi connectivity index (χ4v) is 4.20. The van der Waals surface area contributed by atoms with E-state index in [9.17, 15) is 19.2 Å². The van der Waals surface area contributed by atoms with Gasteiger partial charge in [0.1, 0.15) is 22.9 Å². The van der Waals surface area contributed by atoms with Crippen LogP contribution in [0.1, 0.15) is 58.7 Å². The number of nitrogens with zero attached hydrogens (tertiary/aromatic N) is 2. The van der Waals surface area contributed by atoms with Gasteiger partial charge in [-0.05, 0) is 64.8 Å². The average Bonchev–Trinajstić information content (AvgIpc) is 3.43. The number of anilines is 1. The Morgan fingerprint density at radius 2 is 1.63 bits per heavy atom. The number of aromatic nitrogens is 2. The molecule has 3 N–H and O–H groups in total. The summed E-state index contributed by atoms with van der Waals surface area (Å²) < 4.78 is 23.1. The maximum absolute atomic E-state index is 13.5. The van der Waals surface area contributed by atoms with Crippen LogP contribution in [0, 0.1) is 0 Å². The molecule has 0 radical (unpaired) electrons. The zero-order valence-corrected chi connectivity index (χ0v) is 27.3. The minimum absolute atomic E-state index is 0.126. The van der Waals surface area contributed by atoms with E-state index in [2.05, 4.69) is 20.9 Å². The topological polar surface area (TPSA) is 159 Å². The van der Waals surface area contributed by atoms with Crippen molar-refractivity contribution in [3.63, 3.8) is 0 Å². The van der Waals surface area contributed by atoms with E-state index in [1.54, 1.807) is 59.1 Å². The van der Waals surface area contributed by atoms with Gasteiger partial charge in [0.05, 0.1) is 33.3 Å². The summed E-state index contributed by atoms with van der Waals surface area (Å²) in [5.74, 6) is -1.04. The van der Waals surface area contributed by atoms with E-state index in [4.69, 9.17) is 18.9 Å². The van der Waals surface area contributed by atoms with Crippen molar-refractivity contribution in [2.75, 3.05) is 25.6 Å². The molecule has 1 aromatic heterocycles. The molecule has 2 aromatic carbocycles. The number of methoxy groups -OCH3 is 1. The first-order chi connectivity index (χ1) is 21.7. The van der Waals surface area contributed by atoms with E-state index in [0.29, 0.717) is 11.3 Å². The quantitative estimate of drug-likeness (QED) is 0.222. The highest BCUT2D eigenvalue weighted by atomic mass is 16.6. The van der Waals surface area contributed by atoms with Crippen LogP contribution >= 0.6 is 0 Å². The number of nitrogens with one attached hydrogen (secondary N) is 3. The molecule has 0 aliphatic heterocycles. The van der Waals surface area contributed by atoms with Crippen LogP contribution < -0.4 is 20.7 Å². The predicted molar refractivity (Wildman–Crippen MR) is 170 cm³/mol. The number of benzene rings is 2. The second kappa shape index (κ2) is 15.9. The Morgan fingerprint density at radius 1 is 0.957 bits per heavy atom. The molecule has 0 fully saturated rings. The van der Waals surface area contributed by atoms with Crippen molar-refractivity contribution in [3.8, 4) is 5.75 Å². The van der Waals surface area contributed by atoms with Gasteiger partial charge in [0, 0.05) is 6.20 Å².